The minimum atomic E-state index is -4.92. The minimum absolute atomic E-state index is 0.158. The predicted octanol–water partition coefficient (Wildman–Crippen LogP) is 2.46. The Morgan fingerprint density at radius 2 is 2.29 bits per heavy atom. The molecule has 0 aliphatic rings. The van der Waals surface area contributed by atoms with E-state index in [9.17, 15) is 12.9 Å². The van der Waals surface area contributed by atoms with Gasteiger partial charge in [-0.05, 0) is 5.75 Å². The molecule has 2 nitrogen and oxygen atoms in total. The van der Waals surface area contributed by atoms with Gasteiger partial charge in [-0.3, -0.25) is 0 Å². The zero-order valence-corrected chi connectivity index (χ0v) is 8.40. The lowest BCUT2D eigenvalue weighted by Gasteiger charge is -2.16. The Kier molecular flexibility index (Phi) is 3.31. The molecule has 0 unspecified atom stereocenters. The predicted molar refractivity (Wildman–Crippen MR) is 52.2 cm³/mol. The van der Waals surface area contributed by atoms with E-state index in [-0.39, 0.29) is 5.75 Å². The van der Waals surface area contributed by atoms with Crippen LogP contribution in [0, 0.1) is 0 Å². The normalized spacial score (nSPS) is 11.7. The third kappa shape index (κ3) is 2.83. The molecule has 1 heterocycles. The van der Waals surface area contributed by atoms with Crippen molar-refractivity contribution < 1.29 is 12.9 Å². The standard InChI is InChI=1S/C7H9BF3N2S/c1-6(8(9,10)11)5-14-7-12-3-4-13(7)2/h3-4H,1,5H2,2H3/q-1. The third-order valence-electron chi connectivity index (χ3n) is 1.63. The first-order chi connectivity index (χ1) is 6.41. The molecule has 7 heteroatoms. The first kappa shape index (κ1) is 11.2. The lowest BCUT2D eigenvalue weighted by atomic mass is 9.82. The van der Waals surface area contributed by atoms with Gasteiger partial charge in [0.2, 0.25) is 0 Å². The molecule has 0 spiro atoms. The largest absolute Gasteiger partial charge is 0.505 e. The van der Waals surface area contributed by atoms with E-state index in [1.54, 1.807) is 24.0 Å². The van der Waals surface area contributed by atoms with Gasteiger partial charge in [-0.1, -0.05) is 11.8 Å². The summed E-state index contributed by atoms with van der Waals surface area (Å²) in [5.41, 5.74) is -0.682. The number of imidazole rings is 1. The molecule has 14 heavy (non-hydrogen) atoms. The van der Waals surface area contributed by atoms with Crippen LogP contribution in [-0.2, 0) is 7.05 Å². The van der Waals surface area contributed by atoms with Gasteiger partial charge in [0.1, 0.15) is 0 Å². The Morgan fingerprint density at radius 3 is 2.71 bits per heavy atom. The van der Waals surface area contributed by atoms with Crippen molar-refractivity contribution >= 4 is 18.7 Å². The van der Waals surface area contributed by atoms with Gasteiger partial charge in [0, 0.05) is 19.4 Å². The monoisotopic (exact) mass is 221 g/mol. The lowest BCUT2D eigenvalue weighted by molar-refractivity contribution is 0.491. The number of aromatic nitrogens is 2. The number of aryl methyl sites for hydroxylation is 1. The maximum Gasteiger partial charge on any atom is 0.505 e. The summed E-state index contributed by atoms with van der Waals surface area (Å²) in [6.45, 7) is -1.92. The average Bonchev–Trinajstić information content (AvgIpc) is 2.45. The quantitative estimate of drug-likeness (QED) is 0.574. The lowest BCUT2D eigenvalue weighted by Crippen LogP contribution is -2.20. The second-order valence-corrected chi connectivity index (χ2v) is 3.78. The van der Waals surface area contributed by atoms with Crippen molar-refractivity contribution in [1.29, 1.82) is 0 Å². The van der Waals surface area contributed by atoms with Gasteiger partial charge in [0.15, 0.2) is 5.16 Å². The Balaban J connectivity index is 2.50. The number of nitrogens with zero attached hydrogens (tertiary/aromatic N) is 2. The maximum absolute atomic E-state index is 12.1. The maximum atomic E-state index is 12.1. The third-order valence-corrected chi connectivity index (χ3v) is 2.79. The summed E-state index contributed by atoms with van der Waals surface area (Å²) in [5, 5.41) is 0.561. The fourth-order valence-corrected chi connectivity index (χ4v) is 1.65. The van der Waals surface area contributed by atoms with Gasteiger partial charge in [-0.15, -0.1) is 12.1 Å². The summed E-state index contributed by atoms with van der Waals surface area (Å²) in [5.74, 6) is -0.158. The first-order valence-corrected chi connectivity index (χ1v) is 4.87. The molecule has 1 aromatic rings. The van der Waals surface area contributed by atoms with Gasteiger partial charge >= 0.3 is 6.98 Å². The van der Waals surface area contributed by atoms with Crippen LogP contribution in [0.1, 0.15) is 0 Å². The minimum Gasteiger partial charge on any atom is -0.445 e. The summed E-state index contributed by atoms with van der Waals surface area (Å²) < 4.78 is 38.0. The molecule has 0 fully saturated rings. The van der Waals surface area contributed by atoms with E-state index in [2.05, 4.69) is 11.6 Å². The molecule has 1 rings (SSSR count). The molecule has 78 valence electrons. The molecule has 0 N–H and O–H groups in total. The van der Waals surface area contributed by atoms with E-state index in [0.29, 0.717) is 5.16 Å². The Hall–Kier alpha value is -0.845. The highest BCUT2D eigenvalue weighted by Crippen LogP contribution is 2.25. The summed E-state index contributed by atoms with van der Waals surface area (Å²) >= 11 is 1.04. The number of hydrogen-bond donors (Lipinski definition) is 0. The summed E-state index contributed by atoms with van der Waals surface area (Å²) in [7, 11) is 1.73. The zero-order chi connectivity index (χ0) is 10.8. The van der Waals surface area contributed by atoms with Crippen molar-refractivity contribution in [2.45, 2.75) is 5.16 Å². The first-order valence-electron chi connectivity index (χ1n) is 3.89. The van der Waals surface area contributed by atoms with Gasteiger partial charge in [0.25, 0.3) is 0 Å². The van der Waals surface area contributed by atoms with Crippen molar-refractivity contribution in [3.05, 3.63) is 24.4 Å². The number of halogens is 3. The molecule has 0 atom stereocenters. The molecule has 0 aliphatic carbocycles. The van der Waals surface area contributed by atoms with Crippen LogP contribution in [0.5, 0.6) is 0 Å². The topological polar surface area (TPSA) is 17.8 Å². The van der Waals surface area contributed by atoms with Crippen molar-refractivity contribution in [3.63, 3.8) is 0 Å². The number of thioether (sulfide) groups is 1. The number of rotatable bonds is 4. The van der Waals surface area contributed by atoms with E-state index < -0.39 is 12.4 Å². The van der Waals surface area contributed by atoms with E-state index >= 15 is 0 Å². The molecule has 0 bridgehead atoms. The fraction of sp³-hybridized carbons (Fsp3) is 0.286. The zero-order valence-electron chi connectivity index (χ0n) is 7.58. The molecule has 0 saturated carbocycles. The fourth-order valence-electron chi connectivity index (χ4n) is 0.743. The van der Waals surface area contributed by atoms with Crippen molar-refractivity contribution in [2.75, 3.05) is 5.75 Å². The van der Waals surface area contributed by atoms with Crippen molar-refractivity contribution in [3.8, 4) is 0 Å². The average molecular weight is 221 g/mol. The van der Waals surface area contributed by atoms with Crippen LogP contribution >= 0.6 is 11.8 Å². The van der Waals surface area contributed by atoms with Crippen LogP contribution in [0.25, 0.3) is 0 Å². The SMILES string of the molecule is C=C(CSc1nccn1C)[B-](F)(F)F. The molecule has 0 amide bonds. The summed E-state index contributed by atoms with van der Waals surface area (Å²) in [6, 6.07) is 0. The molecule has 0 radical (unpaired) electrons. The highest BCUT2D eigenvalue weighted by Gasteiger charge is 2.26. The van der Waals surface area contributed by atoms with Crippen molar-refractivity contribution in [2.24, 2.45) is 7.05 Å². The van der Waals surface area contributed by atoms with Crippen LogP contribution < -0.4 is 0 Å². The molecule has 0 saturated heterocycles. The highest BCUT2D eigenvalue weighted by atomic mass is 32.2. The summed E-state index contributed by atoms with van der Waals surface area (Å²) in [6.07, 6.45) is 3.23. The Labute approximate surface area is 84.3 Å². The van der Waals surface area contributed by atoms with Gasteiger partial charge in [0.05, 0.1) is 0 Å². The van der Waals surface area contributed by atoms with Crippen molar-refractivity contribution in [1.82, 2.24) is 9.55 Å². The van der Waals surface area contributed by atoms with Crippen LogP contribution in [0.2, 0.25) is 0 Å². The van der Waals surface area contributed by atoms with Gasteiger partial charge in [-0.25, -0.2) is 4.98 Å². The summed E-state index contributed by atoms with van der Waals surface area (Å²) in [4.78, 5) is 3.89. The van der Waals surface area contributed by atoms with Crippen LogP contribution in [0.15, 0.2) is 29.6 Å². The smallest absolute Gasteiger partial charge is 0.445 e. The van der Waals surface area contributed by atoms with E-state index in [0.717, 1.165) is 11.8 Å². The van der Waals surface area contributed by atoms with Crippen LogP contribution in [0.4, 0.5) is 12.9 Å². The molecular formula is C7H9BF3N2S-. The molecule has 1 aromatic heterocycles. The van der Waals surface area contributed by atoms with E-state index in [1.807, 2.05) is 0 Å². The van der Waals surface area contributed by atoms with Crippen LogP contribution in [0.3, 0.4) is 0 Å². The second-order valence-electron chi connectivity index (χ2n) is 2.84. The second kappa shape index (κ2) is 4.12. The molecular weight excluding hydrogens is 212 g/mol. The number of hydrogen-bond acceptors (Lipinski definition) is 2. The van der Waals surface area contributed by atoms with E-state index in [1.165, 1.54) is 0 Å². The van der Waals surface area contributed by atoms with Gasteiger partial charge in [-0.2, -0.15) is 0 Å². The molecule has 0 aliphatic heterocycles. The van der Waals surface area contributed by atoms with E-state index in [4.69, 9.17) is 0 Å². The molecule has 0 aromatic carbocycles. The Bertz CT molecular complexity index is 334. The van der Waals surface area contributed by atoms with Gasteiger partial charge < -0.3 is 17.5 Å². The highest BCUT2D eigenvalue weighted by molar-refractivity contribution is 7.99. The Morgan fingerprint density at radius 1 is 1.64 bits per heavy atom. The van der Waals surface area contributed by atoms with Crippen LogP contribution in [-0.4, -0.2) is 22.3 Å².